The molecule has 1 aliphatic rings. The van der Waals surface area contributed by atoms with Gasteiger partial charge in [0, 0.05) is 0 Å². The number of hydrogen-bond acceptors (Lipinski definition) is 3. The largest absolute Gasteiger partial charge is 0.496 e. The summed E-state index contributed by atoms with van der Waals surface area (Å²) in [4.78, 5) is 0. The number of rotatable bonds is 2. The van der Waals surface area contributed by atoms with Crippen LogP contribution in [0, 0.1) is 6.92 Å². The lowest BCUT2D eigenvalue weighted by Gasteiger charge is -2.23. The summed E-state index contributed by atoms with van der Waals surface area (Å²) in [7, 11) is 1.72. The van der Waals surface area contributed by atoms with Gasteiger partial charge in [0.1, 0.15) is 5.75 Å². The van der Waals surface area contributed by atoms with Crippen LogP contribution in [0.3, 0.4) is 0 Å². The van der Waals surface area contributed by atoms with Gasteiger partial charge in [0.05, 0.1) is 12.5 Å². The van der Waals surface area contributed by atoms with Crippen molar-refractivity contribution in [2.45, 2.75) is 18.7 Å². The SMILES string of the molecule is COc1ccc(C2NCCCS2)cc1C. The number of ether oxygens (including phenoxy) is 1. The van der Waals surface area contributed by atoms with E-state index in [4.69, 9.17) is 4.74 Å². The molecule has 2 nitrogen and oxygen atoms in total. The Hall–Kier alpha value is -0.670. The van der Waals surface area contributed by atoms with Gasteiger partial charge in [-0.05, 0) is 48.9 Å². The van der Waals surface area contributed by atoms with Crippen molar-refractivity contribution in [3.63, 3.8) is 0 Å². The quantitative estimate of drug-likeness (QED) is 0.833. The third-order valence-corrected chi connectivity index (χ3v) is 3.95. The number of aryl methyl sites for hydroxylation is 1. The highest BCUT2D eigenvalue weighted by Crippen LogP contribution is 2.31. The van der Waals surface area contributed by atoms with Crippen molar-refractivity contribution in [3.05, 3.63) is 29.3 Å². The fourth-order valence-corrected chi connectivity index (χ4v) is 2.97. The van der Waals surface area contributed by atoms with Gasteiger partial charge in [-0.25, -0.2) is 0 Å². The highest BCUT2D eigenvalue weighted by atomic mass is 32.2. The Labute approximate surface area is 95.4 Å². The molecule has 3 heteroatoms. The zero-order valence-electron chi connectivity index (χ0n) is 9.25. The molecule has 1 saturated heterocycles. The van der Waals surface area contributed by atoms with Gasteiger partial charge in [-0.2, -0.15) is 0 Å². The van der Waals surface area contributed by atoms with E-state index < -0.39 is 0 Å². The lowest BCUT2D eigenvalue weighted by molar-refractivity contribution is 0.411. The van der Waals surface area contributed by atoms with Crippen LogP contribution in [-0.4, -0.2) is 19.4 Å². The first kappa shape index (κ1) is 10.8. The average Bonchev–Trinajstić information content (AvgIpc) is 2.30. The minimum atomic E-state index is 0.461. The van der Waals surface area contributed by atoms with Crippen molar-refractivity contribution in [1.29, 1.82) is 0 Å². The second-order valence-corrected chi connectivity index (χ2v) is 5.00. The zero-order valence-corrected chi connectivity index (χ0v) is 10.1. The Morgan fingerprint density at radius 3 is 2.93 bits per heavy atom. The molecule has 1 heterocycles. The molecule has 0 aliphatic carbocycles. The third kappa shape index (κ3) is 2.47. The Morgan fingerprint density at radius 2 is 2.33 bits per heavy atom. The smallest absolute Gasteiger partial charge is 0.121 e. The molecular formula is C12H17NOS. The van der Waals surface area contributed by atoms with Crippen LogP contribution in [0.25, 0.3) is 0 Å². The third-order valence-electron chi connectivity index (χ3n) is 2.66. The molecule has 82 valence electrons. The molecule has 1 unspecified atom stereocenters. The summed E-state index contributed by atoms with van der Waals surface area (Å²) >= 11 is 1.99. The first-order valence-electron chi connectivity index (χ1n) is 5.31. The molecule has 0 amide bonds. The lowest BCUT2D eigenvalue weighted by Crippen LogP contribution is -2.25. The van der Waals surface area contributed by atoms with Crippen molar-refractivity contribution in [1.82, 2.24) is 5.32 Å². The minimum Gasteiger partial charge on any atom is -0.496 e. The fraction of sp³-hybridized carbons (Fsp3) is 0.500. The fourth-order valence-electron chi connectivity index (χ4n) is 1.84. The molecule has 1 fully saturated rings. The van der Waals surface area contributed by atoms with Gasteiger partial charge in [0.2, 0.25) is 0 Å². The van der Waals surface area contributed by atoms with Crippen LogP contribution in [0.5, 0.6) is 5.75 Å². The number of methoxy groups -OCH3 is 1. The van der Waals surface area contributed by atoms with Crippen molar-refractivity contribution in [3.8, 4) is 5.75 Å². The minimum absolute atomic E-state index is 0.461. The van der Waals surface area contributed by atoms with Gasteiger partial charge in [0.25, 0.3) is 0 Å². The second-order valence-electron chi connectivity index (χ2n) is 3.79. The van der Waals surface area contributed by atoms with Gasteiger partial charge < -0.3 is 10.1 Å². The van der Waals surface area contributed by atoms with Crippen LogP contribution in [0.15, 0.2) is 18.2 Å². The summed E-state index contributed by atoms with van der Waals surface area (Å²) in [5.41, 5.74) is 2.57. The highest BCUT2D eigenvalue weighted by Gasteiger charge is 2.15. The van der Waals surface area contributed by atoms with Crippen molar-refractivity contribution in [2.24, 2.45) is 0 Å². The molecule has 1 aromatic carbocycles. The maximum absolute atomic E-state index is 5.26. The van der Waals surface area contributed by atoms with Crippen LogP contribution in [0.4, 0.5) is 0 Å². The molecule has 2 rings (SSSR count). The molecular weight excluding hydrogens is 206 g/mol. The Balaban J connectivity index is 2.17. The van der Waals surface area contributed by atoms with E-state index in [0.717, 1.165) is 12.3 Å². The van der Waals surface area contributed by atoms with Crippen LogP contribution in [0.2, 0.25) is 0 Å². The van der Waals surface area contributed by atoms with Gasteiger partial charge in [0.15, 0.2) is 0 Å². The van der Waals surface area contributed by atoms with Crippen molar-refractivity contribution in [2.75, 3.05) is 19.4 Å². The average molecular weight is 223 g/mol. The molecule has 0 saturated carbocycles. The van der Waals surface area contributed by atoms with Crippen molar-refractivity contribution < 1.29 is 4.74 Å². The molecule has 0 radical (unpaired) electrons. The number of thioether (sulfide) groups is 1. The van der Waals surface area contributed by atoms with Crippen molar-refractivity contribution >= 4 is 11.8 Å². The van der Waals surface area contributed by atoms with Gasteiger partial charge in [-0.1, -0.05) is 6.07 Å². The zero-order chi connectivity index (χ0) is 10.7. The Bertz CT molecular complexity index is 334. The van der Waals surface area contributed by atoms with Gasteiger partial charge in [-0.15, -0.1) is 11.8 Å². The maximum atomic E-state index is 5.26. The normalized spacial score (nSPS) is 21.3. The number of benzene rings is 1. The summed E-state index contributed by atoms with van der Waals surface area (Å²) in [5, 5.41) is 3.98. The summed E-state index contributed by atoms with van der Waals surface area (Å²) in [6, 6.07) is 6.43. The molecule has 0 bridgehead atoms. The van der Waals surface area contributed by atoms with Crippen LogP contribution in [-0.2, 0) is 0 Å². The number of nitrogens with one attached hydrogen (secondary N) is 1. The lowest BCUT2D eigenvalue weighted by atomic mass is 10.1. The standard InChI is InChI=1S/C12H17NOS/c1-9-8-10(4-5-11(9)14-2)12-13-6-3-7-15-12/h4-5,8,12-13H,3,6-7H2,1-2H3. The number of hydrogen-bond donors (Lipinski definition) is 1. The molecule has 1 N–H and O–H groups in total. The van der Waals surface area contributed by atoms with Crippen LogP contribution < -0.4 is 10.1 Å². The molecule has 0 spiro atoms. The topological polar surface area (TPSA) is 21.3 Å². The summed E-state index contributed by atoms with van der Waals surface area (Å²) in [6.07, 6.45) is 1.27. The van der Waals surface area contributed by atoms with E-state index in [1.54, 1.807) is 7.11 Å². The first-order valence-corrected chi connectivity index (χ1v) is 6.35. The summed E-state index contributed by atoms with van der Waals surface area (Å²) in [6.45, 7) is 3.22. The van der Waals surface area contributed by atoms with E-state index in [9.17, 15) is 0 Å². The van der Waals surface area contributed by atoms with Crippen LogP contribution in [0.1, 0.15) is 22.9 Å². The molecule has 1 atom stereocenters. The second kappa shape index (κ2) is 4.90. The molecule has 15 heavy (non-hydrogen) atoms. The monoisotopic (exact) mass is 223 g/mol. The van der Waals surface area contributed by atoms with E-state index in [2.05, 4.69) is 30.4 Å². The summed E-state index contributed by atoms with van der Waals surface area (Å²) < 4.78 is 5.26. The molecule has 0 aromatic heterocycles. The van der Waals surface area contributed by atoms with Gasteiger partial charge >= 0.3 is 0 Å². The Morgan fingerprint density at radius 1 is 1.47 bits per heavy atom. The van der Waals surface area contributed by atoms with E-state index in [1.807, 2.05) is 11.8 Å². The van der Waals surface area contributed by atoms with E-state index in [1.165, 1.54) is 23.3 Å². The van der Waals surface area contributed by atoms with E-state index in [-0.39, 0.29) is 0 Å². The Kier molecular flexibility index (Phi) is 3.54. The summed E-state index contributed by atoms with van der Waals surface area (Å²) in [5.74, 6) is 2.22. The van der Waals surface area contributed by atoms with E-state index >= 15 is 0 Å². The van der Waals surface area contributed by atoms with E-state index in [0.29, 0.717) is 5.37 Å². The molecule has 1 aliphatic heterocycles. The maximum Gasteiger partial charge on any atom is 0.121 e. The highest BCUT2D eigenvalue weighted by molar-refractivity contribution is 7.99. The van der Waals surface area contributed by atoms with Crippen LogP contribution >= 0.6 is 11.8 Å². The first-order chi connectivity index (χ1) is 7.31. The predicted octanol–water partition coefficient (Wildman–Crippen LogP) is 2.73. The molecule has 1 aromatic rings. The van der Waals surface area contributed by atoms with Gasteiger partial charge in [-0.3, -0.25) is 0 Å². The predicted molar refractivity (Wildman–Crippen MR) is 65.5 cm³/mol.